The van der Waals surface area contributed by atoms with Crippen molar-refractivity contribution in [3.8, 4) is 11.1 Å². The van der Waals surface area contributed by atoms with E-state index in [1.165, 1.54) is 12.5 Å². The molecule has 0 fully saturated rings. The van der Waals surface area contributed by atoms with Gasteiger partial charge in [0.1, 0.15) is 5.69 Å². The number of furan rings is 1. The monoisotopic (exact) mass is 261 g/mol. The van der Waals surface area contributed by atoms with Crippen LogP contribution in [0.25, 0.3) is 22.0 Å². The molecule has 0 aliphatic carbocycles. The number of halogens is 1. The van der Waals surface area contributed by atoms with Crippen LogP contribution in [0.15, 0.2) is 41.2 Å². The van der Waals surface area contributed by atoms with E-state index >= 15 is 0 Å². The number of hydrogen-bond acceptors (Lipinski definition) is 2. The summed E-state index contributed by atoms with van der Waals surface area (Å²) in [5, 5.41) is 10.6. The van der Waals surface area contributed by atoms with Gasteiger partial charge in [0.15, 0.2) is 0 Å². The van der Waals surface area contributed by atoms with Gasteiger partial charge in [-0.25, -0.2) is 4.79 Å². The smallest absolute Gasteiger partial charge is 0.352 e. The van der Waals surface area contributed by atoms with Crippen molar-refractivity contribution in [2.45, 2.75) is 0 Å². The average Bonchev–Trinajstić information content (AvgIpc) is 2.93. The maximum atomic E-state index is 11.3. The molecule has 5 heteroatoms. The van der Waals surface area contributed by atoms with Crippen LogP contribution in [0.4, 0.5) is 0 Å². The first kappa shape index (κ1) is 10.9. The van der Waals surface area contributed by atoms with E-state index < -0.39 is 5.97 Å². The highest BCUT2D eigenvalue weighted by atomic mass is 35.5. The Hall–Kier alpha value is -2.20. The van der Waals surface area contributed by atoms with Crippen LogP contribution in [0.2, 0.25) is 5.02 Å². The molecule has 0 radical (unpaired) electrons. The van der Waals surface area contributed by atoms with Gasteiger partial charge in [0.2, 0.25) is 0 Å². The molecular formula is C13H8ClNO3. The third-order valence-electron chi connectivity index (χ3n) is 2.78. The molecule has 3 aromatic rings. The predicted molar refractivity (Wildman–Crippen MR) is 68.0 cm³/mol. The van der Waals surface area contributed by atoms with E-state index in [0.717, 1.165) is 10.9 Å². The van der Waals surface area contributed by atoms with Gasteiger partial charge in [-0.3, -0.25) is 0 Å². The highest BCUT2D eigenvalue weighted by Crippen LogP contribution is 2.34. The summed E-state index contributed by atoms with van der Waals surface area (Å²) in [4.78, 5) is 14.2. The summed E-state index contributed by atoms with van der Waals surface area (Å²) in [5.41, 5.74) is 2.16. The van der Waals surface area contributed by atoms with Crippen molar-refractivity contribution in [2.75, 3.05) is 0 Å². The summed E-state index contributed by atoms with van der Waals surface area (Å²) in [6, 6.07) is 6.93. The van der Waals surface area contributed by atoms with Crippen molar-refractivity contribution in [1.29, 1.82) is 0 Å². The third kappa shape index (κ3) is 1.58. The van der Waals surface area contributed by atoms with Crippen molar-refractivity contribution >= 4 is 28.5 Å². The quantitative estimate of drug-likeness (QED) is 0.738. The third-order valence-corrected chi connectivity index (χ3v) is 3.02. The van der Waals surface area contributed by atoms with E-state index in [4.69, 9.17) is 16.0 Å². The molecule has 18 heavy (non-hydrogen) atoms. The topological polar surface area (TPSA) is 66.2 Å². The summed E-state index contributed by atoms with van der Waals surface area (Å²) in [6.07, 6.45) is 3.01. The Balaban J connectivity index is 2.41. The molecular weight excluding hydrogens is 254 g/mol. The molecule has 90 valence electrons. The second kappa shape index (κ2) is 3.92. The lowest BCUT2D eigenvalue weighted by molar-refractivity contribution is 0.0692. The van der Waals surface area contributed by atoms with Gasteiger partial charge in [-0.15, -0.1) is 0 Å². The van der Waals surface area contributed by atoms with Crippen LogP contribution >= 0.6 is 11.6 Å². The fraction of sp³-hybridized carbons (Fsp3) is 0. The Morgan fingerprint density at radius 2 is 2.17 bits per heavy atom. The number of carbonyl (C=O) groups is 1. The number of fused-ring (bicyclic) bond motifs is 1. The Morgan fingerprint density at radius 3 is 2.83 bits per heavy atom. The summed E-state index contributed by atoms with van der Waals surface area (Å²) in [5.74, 6) is -1.02. The van der Waals surface area contributed by atoms with E-state index in [1.807, 2.05) is 0 Å². The van der Waals surface area contributed by atoms with E-state index in [1.54, 1.807) is 24.3 Å². The number of benzene rings is 1. The largest absolute Gasteiger partial charge is 0.477 e. The van der Waals surface area contributed by atoms with Crippen molar-refractivity contribution in [3.63, 3.8) is 0 Å². The standard InChI is InChI=1S/C13H8ClNO3/c14-8-1-2-10-9(5-8)11(7-3-4-18-6-7)12(15-10)13(16)17/h1-6,15H,(H,16,17). The number of hydrogen-bond donors (Lipinski definition) is 2. The first-order valence-electron chi connectivity index (χ1n) is 5.24. The van der Waals surface area contributed by atoms with Gasteiger partial charge < -0.3 is 14.5 Å². The number of nitrogens with one attached hydrogen (secondary N) is 1. The van der Waals surface area contributed by atoms with Gasteiger partial charge in [-0.05, 0) is 24.3 Å². The highest BCUT2D eigenvalue weighted by molar-refractivity contribution is 6.31. The molecule has 0 aliphatic heterocycles. The number of H-pyrrole nitrogens is 1. The molecule has 3 rings (SSSR count). The summed E-state index contributed by atoms with van der Waals surface area (Å²) >= 11 is 5.96. The van der Waals surface area contributed by atoms with E-state index in [2.05, 4.69) is 4.98 Å². The number of rotatable bonds is 2. The zero-order valence-electron chi connectivity index (χ0n) is 9.11. The normalized spacial score (nSPS) is 10.9. The number of carboxylic acid groups (broad SMARTS) is 1. The van der Waals surface area contributed by atoms with Crippen molar-refractivity contribution in [3.05, 3.63) is 47.5 Å². The molecule has 0 saturated carbocycles. The minimum Gasteiger partial charge on any atom is -0.477 e. The first-order valence-corrected chi connectivity index (χ1v) is 5.61. The molecule has 0 aliphatic rings. The molecule has 0 unspecified atom stereocenters. The van der Waals surface area contributed by atoms with Crippen LogP contribution in [0.1, 0.15) is 10.5 Å². The van der Waals surface area contributed by atoms with Gasteiger partial charge in [-0.1, -0.05) is 11.6 Å². The second-order valence-corrected chi connectivity index (χ2v) is 4.32. The van der Waals surface area contributed by atoms with E-state index in [-0.39, 0.29) is 5.69 Å². The minimum absolute atomic E-state index is 0.133. The van der Waals surface area contributed by atoms with Crippen LogP contribution in [0.5, 0.6) is 0 Å². The molecule has 2 aromatic heterocycles. The van der Waals surface area contributed by atoms with Crippen molar-refractivity contribution < 1.29 is 14.3 Å². The van der Waals surface area contributed by atoms with Crippen LogP contribution in [0.3, 0.4) is 0 Å². The molecule has 2 heterocycles. The maximum Gasteiger partial charge on any atom is 0.352 e. The predicted octanol–water partition coefficient (Wildman–Crippen LogP) is 3.78. The Morgan fingerprint density at radius 1 is 1.33 bits per heavy atom. The molecule has 0 bridgehead atoms. The van der Waals surface area contributed by atoms with Gasteiger partial charge in [-0.2, -0.15) is 0 Å². The van der Waals surface area contributed by atoms with Crippen molar-refractivity contribution in [2.24, 2.45) is 0 Å². The van der Waals surface area contributed by atoms with E-state index in [0.29, 0.717) is 16.1 Å². The van der Waals surface area contributed by atoms with Crippen LogP contribution < -0.4 is 0 Å². The molecule has 1 aromatic carbocycles. The number of aromatic amines is 1. The van der Waals surface area contributed by atoms with Crippen LogP contribution in [-0.4, -0.2) is 16.1 Å². The Kier molecular flexibility index (Phi) is 2.38. The fourth-order valence-corrected chi connectivity index (χ4v) is 2.20. The summed E-state index contributed by atoms with van der Waals surface area (Å²) in [7, 11) is 0. The zero-order valence-corrected chi connectivity index (χ0v) is 9.86. The molecule has 0 spiro atoms. The molecule has 2 N–H and O–H groups in total. The lowest BCUT2D eigenvalue weighted by Gasteiger charge is -1.97. The van der Waals surface area contributed by atoms with Crippen LogP contribution in [0, 0.1) is 0 Å². The second-order valence-electron chi connectivity index (χ2n) is 3.88. The molecule has 4 nitrogen and oxygen atoms in total. The number of aromatic nitrogens is 1. The zero-order chi connectivity index (χ0) is 12.7. The summed E-state index contributed by atoms with van der Waals surface area (Å²) < 4.78 is 5.01. The summed E-state index contributed by atoms with van der Waals surface area (Å²) in [6.45, 7) is 0. The van der Waals surface area contributed by atoms with Crippen molar-refractivity contribution in [1.82, 2.24) is 4.98 Å². The maximum absolute atomic E-state index is 11.3. The van der Waals surface area contributed by atoms with Gasteiger partial charge in [0.25, 0.3) is 0 Å². The van der Waals surface area contributed by atoms with Gasteiger partial charge in [0, 0.05) is 27.1 Å². The van der Waals surface area contributed by atoms with Gasteiger partial charge >= 0.3 is 5.97 Å². The Bertz CT molecular complexity index is 728. The van der Waals surface area contributed by atoms with Gasteiger partial charge in [0.05, 0.1) is 12.5 Å². The number of carboxylic acids is 1. The number of aromatic carboxylic acids is 1. The lowest BCUT2D eigenvalue weighted by Crippen LogP contribution is -1.98. The molecule has 0 saturated heterocycles. The SMILES string of the molecule is O=C(O)c1[nH]c2ccc(Cl)cc2c1-c1ccoc1. The highest BCUT2D eigenvalue weighted by Gasteiger charge is 2.19. The minimum atomic E-state index is -1.02. The molecule has 0 atom stereocenters. The average molecular weight is 262 g/mol. The first-order chi connectivity index (χ1) is 8.66. The molecule has 0 amide bonds. The fourth-order valence-electron chi connectivity index (χ4n) is 2.03. The lowest BCUT2D eigenvalue weighted by atomic mass is 10.0. The van der Waals surface area contributed by atoms with Crippen LogP contribution in [-0.2, 0) is 0 Å². The Labute approximate surface area is 107 Å². The van der Waals surface area contributed by atoms with E-state index in [9.17, 15) is 9.90 Å².